The standard InChI is InChI=1S/C57H44O10/c58-47-15-9-31(23-51(47)62)19-36-27-35-28-39(13-14-41(35)44(56(36)67)22-34-12-18-50(61)54(65)26-34)57(45-7-3-1-5-42(45)43-6-2-4-8-46(43)57)40-29-37(20-32-10-16-48(59)52(63)24-32)55(66)38(30-40)21-33-11-17-49(60)53(64)25-33/h1-18,23-30,58-67H,19-22H2. The Hall–Kier alpha value is -8.76. The average Bonchev–Trinajstić information content (AvgIpc) is 3.62. The van der Waals surface area contributed by atoms with Crippen molar-refractivity contribution in [3.63, 3.8) is 0 Å². The van der Waals surface area contributed by atoms with Crippen LogP contribution in [-0.2, 0) is 31.1 Å². The number of rotatable bonds is 10. The van der Waals surface area contributed by atoms with E-state index in [1.807, 2.05) is 54.6 Å². The van der Waals surface area contributed by atoms with Crippen molar-refractivity contribution in [2.75, 3.05) is 0 Å². The lowest BCUT2D eigenvalue weighted by molar-refractivity contribution is 0.403. The van der Waals surface area contributed by atoms with E-state index in [1.54, 1.807) is 24.3 Å². The van der Waals surface area contributed by atoms with Gasteiger partial charge in [0, 0.05) is 31.2 Å². The number of hydrogen-bond acceptors (Lipinski definition) is 10. The van der Waals surface area contributed by atoms with Crippen molar-refractivity contribution in [3.8, 4) is 68.6 Å². The van der Waals surface area contributed by atoms with Crippen LogP contribution in [0, 0.1) is 0 Å². The first kappa shape index (κ1) is 42.2. The fourth-order valence-electron chi connectivity index (χ4n) is 9.93. The second-order valence-electron chi connectivity index (χ2n) is 17.3. The largest absolute Gasteiger partial charge is 0.507 e. The van der Waals surface area contributed by atoms with E-state index in [-0.39, 0.29) is 83.2 Å². The molecule has 332 valence electrons. The van der Waals surface area contributed by atoms with E-state index in [4.69, 9.17) is 0 Å². The molecule has 0 heterocycles. The minimum atomic E-state index is -1.03. The minimum Gasteiger partial charge on any atom is -0.507 e. The Bertz CT molecular complexity index is 3330. The van der Waals surface area contributed by atoms with Gasteiger partial charge in [-0.05, 0) is 144 Å². The van der Waals surface area contributed by atoms with E-state index in [0.717, 1.165) is 44.2 Å². The van der Waals surface area contributed by atoms with Crippen molar-refractivity contribution < 1.29 is 51.1 Å². The Labute approximate surface area is 384 Å². The van der Waals surface area contributed by atoms with Crippen LogP contribution < -0.4 is 0 Å². The van der Waals surface area contributed by atoms with Crippen LogP contribution in [0.5, 0.6) is 57.5 Å². The average molecular weight is 889 g/mol. The molecular formula is C57H44O10. The molecule has 10 nitrogen and oxygen atoms in total. The molecule has 0 aromatic heterocycles. The van der Waals surface area contributed by atoms with Crippen molar-refractivity contribution in [2.24, 2.45) is 0 Å². The van der Waals surface area contributed by atoms with Crippen LogP contribution in [0.4, 0.5) is 0 Å². The maximum absolute atomic E-state index is 12.2. The molecule has 0 atom stereocenters. The number of phenolic OH excluding ortho intramolecular Hbond substituents is 10. The third-order valence-electron chi connectivity index (χ3n) is 13.1. The Kier molecular flexibility index (Phi) is 10.3. The summed E-state index contributed by atoms with van der Waals surface area (Å²) in [6.07, 6.45) is 0.716. The summed E-state index contributed by atoms with van der Waals surface area (Å²) < 4.78 is 0. The molecule has 0 bridgehead atoms. The van der Waals surface area contributed by atoms with Gasteiger partial charge in [-0.3, -0.25) is 0 Å². The molecule has 0 radical (unpaired) electrons. The highest BCUT2D eigenvalue weighted by atomic mass is 16.3. The highest BCUT2D eigenvalue weighted by Crippen LogP contribution is 2.57. The molecule has 0 spiro atoms. The maximum Gasteiger partial charge on any atom is 0.157 e. The van der Waals surface area contributed by atoms with Crippen LogP contribution in [0.1, 0.15) is 66.8 Å². The van der Waals surface area contributed by atoms with Crippen molar-refractivity contribution in [1.29, 1.82) is 0 Å². The summed E-state index contributed by atoms with van der Waals surface area (Å²) in [5.41, 5.74) is 9.30. The predicted octanol–water partition coefficient (Wildman–Crippen LogP) is 10.6. The second kappa shape index (κ2) is 16.3. The van der Waals surface area contributed by atoms with Crippen molar-refractivity contribution >= 4 is 10.8 Å². The molecule has 0 amide bonds. The topological polar surface area (TPSA) is 202 Å². The number of aromatic hydroxyl groups is 10. The van der Waals surface area contributed by atoms with E-state index in [1.165, 1.54) is 48.5 Å². The van der Waals surface area contributed by atoms with Gasteiger partial charge in [0.25, 0.3) is 0 Å². The van der Waals surface area contributed by atoms with Gasteiger partial charge in [0.15, 0.2) is 46.0 Å². The first-order valence-corrected chi connectivity index (χ1v) is 21.6. The van der Waals surface area contributed by atoms with E-state index in [2.05, 4.69) is 30.3 Å². The Morgan fingerprint density at radius 2 is 0.716 bits per heavy atom. The van der Waals surface area contributed by atoms with Crippen LogP contribution >= 0.6 is 0 Å². The molecule has 9 aromatic carbocycles. The summed E-state index contributed by atoms with van der Waals surface area (Å²) >= 11 is 0. The smallest absolute Gasteiger partial charge is 0.157 e. The van der Waals surface area contributed by atoms with E-state index >= 15 is 0 Å². The molecule has 10 rings (SSSR count). The summed E-state index contributed by atoms with van der Waals surface area (Å²) in [6, 6.07) is 46.5. The molecule has 67 heavy (non-hydrogen) atoms. The number of hydrogen-bond donors (Lipinski definition) is 10. The van der Waals surface area contributed by atoms with Gasteiger partial charge in [-0.15, -0.1) is 0 Å². The first-order valence-electron chi connectivity index (χ1n) is 21.6. The van der Waals surface area contributed by atoms with Crippen LogP contribution in [0.3, 0.4) is 0 Å². The molecule has 10 N–H and O–H groups in total. The monoisotopic (exact) mass is 888 g/mol. The number of fused-ring (bicyclic) bond motifs is 4. The molecular weight excluding hydrogens is 845 g/mol. The maximum atomic E-state index is 12.2. The van der Waals surface area contributed by atoms with Crippen LogP contribution in [-0.4, -0.2) is 51.1 Å². The molecule has 9 aromatic rings. The van der Waals surface area contributed by atoms with Gasteiger partial charge in [-0.25, -0.2) is 0 Å². The lowest BCUT2D eigenvalue weighted by atomic mass is 9.66. The van der Waals surface area contributed by atoms with E-state index in [9.17, 15) is 51.1 Å². The minimum absolute atomic E-state index is 0.00222. The zero-order valence-corrected chi connectivity index (χ0v) is 35.8. The first-order chi connectivity index (χ1) is 32.3. The molecule has 0 saturated heterocycles. The fourth-order valence-corrected chi connectivity index (χ4v) is 9.93. The van der Waals surface area contributed by atoms with Crippen LogP contribution in [0.25, 0.3) is 21.9 Å². The Morgan fingerprint density at radius 1 is 0.313 bits per heavy atom. The number of phenols is 10. The third-order valence-corrected chi connectivity index (χ3v) is 13.1. The number of benzene rings is 9. The molecule has 0 fully saturated rings. The summed E-state index contributed by atoms with van der Waals surface area (Å²) in [6.45, 7) is 0. The molecule has 10 heteroatoms. The van der Waals surface area contributed by atoms with Gasteiger partial charge >= 0.3 is 0 Å². The highest BCUT2D eigenvalue weighted by molar-refractivity contribution is 5.93. The van der Waals surface area contributed by atoms with Crippen molar-refractivity contribution in [2.45, 2.75) is 31.1 Å². The van der Waals surface area contributed by atoms with E-state index in [0.29, 0.717) is 44.5 Å². The molecule has 1 aliphatic rings. The van der Waals surface area contributed by atoms with Crippen molar-refractivity contribution in [3.05, 3.63) is 224 Å². The molecule has 0 aliphatic heterocycles. The van der Waals surface area contributed by atoms with Crippen molar-refractivity contribution in [1.82, 2.24) is 0 Å². The summed E-state index contributed by atoms with van der Waals surface area (Å²) in [4.78, 5) is 0. The summed E-state index contributed by atoms with van der Waals surface area (Å²) in [7, 11) is 0. The van der Waals surface area contributed by atoms with Crippen LogP contribution in [0.2, 0.25) is 0 Å². The Morgan fingerprint density at radius 3 is 1.15 bits per heavy atom. The lowest BCUT2D eigenvalue weighted by Crippen LogP contribution is -2.29. The SMILES string of the molecule is Oc1ccc(Cc2cc(C3(c4ccc5c(Cc6ccc(O)c(O)c6)c(O)c(Cc6ccc(O)c(O)c6)cc5c4)c4ccccc4-c4ccccc43)cc(Cc3ccc(O)c(O)c3)c2O)cc1O. The van der Waals surface area contributed by atoms with Gasteiger partial charge in [0.05, 0.1) is 5.41 Å². The second-order valence-corrected chi connectivity index (χ2v) is 17.3. The van der Waals surface area contributed by atoms with Gasteiger partial charge in [0.1, 0.15) is 11.5 Å². The van der Waals surface area contributed by atoms with E-state index < -0.39 is 5.41 Å². The zero-order valence-electron chi connectivity index (χ0n) is 35.8. The Balaban J connectivity index is 1.25. The molecule has 1 aliphatic carbocycles. The fraction of sp³-hybridized carbons (Fsp3) is 0.0877. The quantitative estimate of drug-likeness (QED) is 0.0589. The van der Waals surface area contributed by atoms with Crippen LogP contribution in [0.15, 0.2) is 158 Å². The highest BCUT2D eigenvalue weighted by Gasteiger charge is 2.46. The molecule has 0 saturated carbocycles. The summed E-state index contributed by atoms with van der Waals surface area (Å²) in [5, 5.41) is 108. The van der Waals surface area contributed by atoms with Gasteiger partial charge in [-0.1, -0.05) is 97.1 Å². The van der Waals surface area contributed by atoms with Gasteiger partial charge in [-0.2, -0.15) is 0 Å². The normalized spacial score (nSPS) is 12.5. The predicted molar refractivity (Wildman–Crippen MR) is 255 cm³/mol. The summed E-state index contributed by atoms with van der Waals surface area (Å²) in [5.74, 6) is -2.25. The zero-order chi connectivity index (χ0) is 46.7. The van der Waals surface area contributed by atoms with Gasteiger partial charge in [0.2, 0.25) is 0 Å². The lowest BCUT2D eigenvalue weighted by Gasteiger charge is -2.35. The third kappa shape index (κ3) is 7.34. The molecule has 0 unspecified atom stereocenters. The van der Waals surface area contributed by atoms with Gasteiger partial charge < -0.3 is 51.1 Å².